The first-order valence-electron chi connectivity index (χ1n) is 9.45. The van der Waals surface area contributed by atoms with Crippen LogP contribution in [0.1, 0.15) is 17.2 Å². The van der Waals surface area contributed by atoms with Crippen LogP contribution in [-0.4, -0.2) is 53.0 Å². The Kier molecular flexibility index (Phi) is 5.63. The molecule has 3 unspecified atom stereocenters. The molecule has 0 radical (unpaired) electrons. The second-order valence-corrected chi connectivity index (χ2v) is 7.67. The summed E-state index contributed by atoms with van der Waals surface area (Å²) in [5.41, 5.74) is -0.103. The molecule has 164 valence electrons. The number of nitrogens with one attached hydrogen (secondary N) is 1. The Morgan fingerprint density at radius 1 is 1.19 bits per heavy atom. The number of amides is 2. The second-order valence-electron chi connectivity index (χ2n) is 7.26. The maximum atomic E-state index is 13.0. The lowest BCUT2D eigenvalue weighted by atomic mass is 9.91. The van der Waals surface area contributed by atoms with Crippen LogP contribution in [0, 0.1) is 5.92 Å². The number of hydrogen-bond donors (Lipinski definition) is 1. The molecule has 2 saturated heterocycles. The zero-order valence-corrected chi connectivity index (χ0v) is 17.0. The van der Waals surface area contributed by atoms with Gasteiger partial charge in [-0.2, -0.15) is 18.2 Å². The minimum atomic E-state index is -4.55. The predicted molar refractivity (Wildman–Crippen MR) is 105 cm³/mol. The summed E-state index contributed by atoms with van der Waals surface area (Å²) in [5, 5.41) is 4.09. The first-order valence-corrected chi connectivity index (χ1v) is 9.82. The van der Waals surface area contributed by atoms with Crippen molar-refractivity contribution < 1.29 is 27.6 Å². The van der Waals surface area contributed by atoms with Gasteiger partial charge in [0.1, 0.15) is 5.82 Å². The molecule has 4 rings (SSSR count). The van der Waals surface area contributed by atoms with Crippen LogP contribution in [0.15, 0.2) is 42.6 Å². The first-order chi connectivity index (χ1) is 14.7. The Bertz CT molecular complexity index is 1000. The van der Waals surface area contributed by atoms with Crippen molar-refractivity contribution in [1.82, 2.24) is 14.9 Å². The normalized spacial score (nSPS) is 24.0. The van der Waals surface area contributed by atoms with Crippen molar-refractivity contribution in [3.8, 4) is 0 Å². The van der Waals surface area contributed by atoms with E-state index in [4.69, 9.17) is 16.4 Å². The average Bonchev–Trinajstić information content (AvgIpc) is 3.18. The third-order valence-electron chi connectivity index (χ3n) is 5.34. The molecule has 0 aliphatic carbocycles. The number of alkyl halides is 3. The van der Waals surface area contributed by atoms with Gasteiger partial charge >= 0.3 is 6.18 Å². The van der Waals surface area contributed by atoms with Gasteiger partial charge in [-0.15, -0.1) is 0 Å². The monoisotopic (exact) mass is 454 g/mol. The number of halogens is 4. The van der Waals surface area contributed by atoms with Crippen LogP contribution in [0.25, 0.3) is 0 Å². The van der Waals surface area contributed by atoms with Gasteiger partial charge in [-0.25, -0.2) is 4.98 Å². The summed E-state index contributed by atoms with van der Waals surface area (Å²) in [6.07, 6.45) is -4.79. The van der Waals surface area contributed by atoms with Gasteiger partial charge < -0.3 is 5.32 Å². The van der Waals surface area contributed by atoms with Gasteiger partial charge in [0.25, 0.3) is 5.91 Å². The Morgan fingerprint density at radius 2 is 1.90 bits per heavy atom. The number of likely N-dealkylation sites (tertiary alicyclic amines) is 1. The van der Waals surface area contributed by atoms with E-state index in [0.29, 0.717) is 6.20 Å². The molecule has 2 fully saturated rings. The number of anilines is 1. The molecule has 2 aliphatic heterocycles. The smallest absolute Gasteiger partial charge is 0.367 e. The number of hydrogen-bond acceptors (Lipinski definition) is 6. The lowest BCUT2D eigenvalue weighted by molar-refractivity contribution is -0.169. The zero-order valence-electron chi connectivity index (χ0n) is 16.3. The van der Waals surface area contributed by atoms with Crippen molar-refractivity contribution in [3.05, 3.63) is 58.7 Å². The van der Waals surface area contributed by atoms with E-state index in [2.05, 4.69) is 10.3 Å². The van der Waals surface area contributed by atoms with E-state index in [1.165, 1.54) is 5.06 Å². The zero-order chi connectivity index (χ0) is 22.3. The van der Waals surface area contributed by atoms with Gasteiger partial charge in [0.15, 0.2) is 6.10 Å². The molecule has 1 aromatic heterocycles. The molecule has 2 aromatic rings. The number of nitrogens with zero attached hydrogens (tertiary/aromatic N) is 3. The molecule has 31 heavy (non-hydrogen) atoms. The topological polar surface area (TPSA) is 74.8 Å². The number of fused-ring (bicyclic) bond motifs is 1. The van der Waals surface area contributed by atoms with Crippen LogP contribution >= 0.6 is 11.6 Å². The highest BCUT2D eigenvalue weighted by Crippen LogP contribution is 2.43. The molecule has 11 heteroatoms. The van der Waals surface area contributed by atoms with Crippen molar-refractivity contribution in [3.63, 3.8) is 0 Å². The van der Waals surface area contributed by atoms with Gasteiger partial charge in [0.05, 0.1) is 22.5 Å². The summed E-state index contributed by atoms with van der Waals surface area (Å²) >= 11 is 5.87. The maximum Gasteiger partial charge on any atom is 0.417 e. The highest BCUT2D eigenvalue weighted by atomic mass is 35.5. The van der Waals surface area contributed by atoms with Gasteiger partial charge in [-0.1, -0.05) is 41.9 Å². The van der Waals surface area contributed by atoms with E-state index in [9.17, 15) is 22.8 Å². The van der Waals surface area contributed by atoms with Crippen LogP contribution in [0.3, 0.4) is 0 Å². The number of imide groups is 1. The highest BCUT2D eigenvalue weighted by molar-refractivity contribution is 6.33. The molecule has 7 nitrogen and oxygen atoms in total. The molecule has 0 bridgehead atoms. The third kappa shape index (κ3) is 3.98. The molecule has 3 heterocycles. The summed E-state index contributed by atoms with van der Waals surface area (Å²) in [4.78, 5) is 36.2. The summed E-state index contributed by atoms with van der Waals surface area (Å²) in [5.74, 6) is -1.45. The lowest BCUT2D eigenvalue weighted by Crippen LogP contribution is -2.39. The van der Waals surface area contributed by atoms with Crippen LogP contribution in [0.4, 0.5) is 19.0 Å². The van der Waals surface area contributed by atoms with Gasteiger partial charge in [-0.3, -0.25) is 19.3 Å². The Morgan fingerprint density at radius 3 is 2.55 bits per heavy atom. The summed E-state index contributed by atoms with van der Waals surface area (Å²) in [6, 6.07) is 9.66. The summed E-state index contributed by atoms with van der Waals surface area (Å²) < 4.78 is 38.2. The molecule has 0 saturated carbocycles. The van der Waals surface area contributed by atoms with Crippen molar-refractivity contribution >= 4 is 29.2 Å². The first kappa shape index (κ1) is 21.5. The Labute approximate surface area is 180 Å². The lowest BCUT2D eigenvalue weighted by Gasteiger charge is -2.24. The van der Waals surface area contributed by atoms with Crippen molar-refractivity contribution in [2.24, 2.45) is 5.92 Å². The fourth-order valence-electron chi connectivity index (χ4n) is 3.90. The molecule has 1 aromatic carbocycles. The van der Waals surface area contributed by atoms with E-state index in [1.54, 1.807) is 7.05 Å². The van der Waals surface area contributed by atoms with E-state index in [0.717, 1.165) is 16.5 Å². The minimum absolute atomic E-state index is 0.00170. The third-order valence-corrected chi connectivity index (χ3v) is 5.62. The molecular weight excluding hydrogens is 437 g/mol. The molecular formula is C20H18ClF3N4O3. The van der Waals surface area contributed by atoms with Gasteiger partial charge in [0, 0.05) is 26.3 Å². The molecule has 3 atom stereocenters. The van der Waals surface area contributed by atoms with Crippen molar-refractivity contribution in [2.75, 3.05) is 25.5 Å². The summed E-state index contributed by atoms with van der Waals surface area (Å²) in [7, 11) is 1.68. The van der Waals surface area contributed by atoms with E-state index in [1.807, 2.05) is 30.3 Å². The fourth-order valence-corrected chi connectivity index (χ4v) is 4.14. The number of benzene rings is 1. The fraction of sp³-hybridized carbons (Fsp3) is 0.350. The minimum Gasteiger partial charge on any atom is -0.367 e. The number of aromatic nitrogens is 1. The van der Waals surface area contributed by atoms with Crippen LogP contribution in [0.2, 0.25) is 5.02 Å². The van der Waals surface area contributed by atoms with Crippen LogP contribution < -0.4 is 5.32 Å². The number of hydroxylamine groups is 2. The van der Waals surface area contributed by atoms with Crippen LogP contribution in [-0.2, 0) is 20.6 Å². The van der Waals surface area contributed by atoms with Crippen LogP contribution in [0.5, 0.6) is 0 Å². The molecule has 0 spiro atoms. The van der Waals surface area contributed by atoms with Crippen molar-refractivity contribution in [1.29, 1.82) is 0 Å². The van der Waals surface area contributed by atoms with E-state index >= 15 is 0 Å². The standard InChI is InChI=1S/C20H18ClF3N4O3/c1-27-15(11-5-3-2-4-6-11)14-16(31-27)19(30)28(18(14)29)8-7-25-17-13(21)9-12(10-26-17)20(22,23)24/h2-6,9-10,14-16H,7-8H2,1H3,(H,25,26). The predicted octanol–water partition coefficient (Wildman–Crippen LogP) is 3.14. The van der Waals surface area contributed by atoms with E-state index in [-0.39, 0.29) is 29.8 Å². The van der Waals surface area contributed by atoms with Crippen molar-refractivity contribution in [2.45, 2.75) is 18.3 Å². The van der Waals surface area contributed by atoms with Gasteiger partial charge in [-0.05, 0) is 11.6 Å². The number of carbonyl (C=O) groups is 2. The maximum absolute atomic E-state index is 13.0. The molecule has 2 aliphatic rings. The van der Waals surface area contributed by atoms with Gasteiger partial charge in [0.2, 0.25) is 5.91 Å². The summed E-state index contributed by atoms with van der Waals surface area (Å²) in [6.45, 7) is 0.0686. The number of carbonyl (C=O) groups excluding carboxylic acids is 2. The van der Waals surface area contributed by atoms with E-state index < -0.39 is 35.7 Å². The SMILES string of the molecule is CN1OC2C(=O)N(CCNc3ncc(C(F)(F)F)cc3Cl)C(=O)C2C1c1ccccc1. The Hall–Kier alpha value is -2.69. The number of pyridine rings is 1. The Balaban J connectivity index is 1.43. The quantitative estimate of drug-likeness (QED) is 0.700. The molecule has 2 amide bonds. The number of rotatable bonds is 5. The largest absolute Gasteiger partial charge is 0.417 e. The highest BCUT2D eigenvalue weighted by Gasteiger charge is 2.58. The average molecular weight is 455 g/mol. The molecule has 1 N–H and O–H groups in total. The second kappa shape index (κ2) is 8.10.